The Bertz CT molecular complexity index is 1030. The van der Waals surface area contributed by atoms with Crippen LogP contribution in [0, 0.1) is 23.7 Å². The van der Waals surface area contributed by atoms with Crippen LogP contribution in [0.3, 0.4) is 0 Å². The minimum atomic E-state index is -3.02. The first kappa shape index (κ1) is 21.6. The molecule has 1 N–H and O–H groups in total. The molecule has 158 valence electrons. The van der Waals surface area contributed by atoms with Crippen LogP contribution < -0.4 is 15.7 Å². The monoisotopic (exact) mass is 427 g/mol. The molecule has 4 rings (SSSR count). The molecule has 2 unspecified atom stereocenters. The number of nitrogens with one attached hydrogen (secondary N) is 1. The maximum atomic E-state index is 14.5. The van der Waals surface area contributed by atoms with E-state index >= 15 is 0 Å². The summed E-state index contributed by atoms with van der Waals surface area (Å²) in [5.74, 6) is 7.92. The van der Waals surface area contributed by atoms with Crippen molar-refractivity contribution in [1.29, 1.82) is 0 Å². The molecule has 0 heterocycles. The molecule has 2 nitrogen and oxygen atoms in total. The fourth-order valence-corrected chi connectivity index (χ4v) is 6.59. The van der Waals surface area contributed by atoms with Crippen molar-refractivity contribution < 1.29 is 4.57 Å². The predicted molar refractivity (Wildman–Crippen MR) is 131 cm³/mol. The van der Waals surface area contributed by atoms with Gasteiger partial charge in [0.25, 0.3) is 0 Å². The van der Waals surface area contributed by atoms with Crippen LogP contribution >= 0.6 is 7.29 Å². The molecule has 0 spiro atoms. The van der Waals surface area contributed by atoms with Crippen molar-refractivity contribution in [3.05, 3.63) is 96.6 Å². The second kappa shape index (κ2) is 10.1. The van der Waals surface area contributed by atoms with Gasteiger partial charge in [0.05, 0.1) is 6.04 Å². The Labute approximate surface area is 186 Å². The molecule has 0 radical (unpaired) electrons. The van der Waals surface area contributed by atoms with Gasteiger partial charge in [0.15, 0.2) is 0 Å². The van der Waals surface area contributed by atoms with Crippen molar-refractivity contribution in [3.63, 3.8) is 0 Å². The lowest BCUT2D eigenvalue weighted by Gasteiger charge is -2.24. The topological polar surface area (TPSA) is 29.1 Å². The number of rotatable bonds is 8. The van der Waals surface area contributed by atoms with E-state index in [4.69, 9.17) is 0 Å². The number of hydrogen-bond donors (Lipinski definition) is 1. The average molecular weight is 428 g/mol. The lowest BCUT2D eigenvalue weighted by molar-refractivity contribution is 0.538. The van der Waals surface area contributed by atoms with E-state index in [-0.39, 0.29) is 6.04 Å². The maximum Gasteiger partial charge on any atom is 0.205 e. The van der Waals surface area contributed by atoms with Crippen LogP contribution in [0.4, 0.5) is 0 Å². The third kappa shape index (κ3) is 5.37. The van der Waals surface area contributed by atoms with Crippen molar-refractivity contribution in [3.8, 4) is 11.8 Å². The van der Waals surface area contributed by atoms with Crippen LogP contribution in [0.1, 0.15) is 38.2 Å². The standard InChI is InChI=1S/C28H30NOP/c1-2-3-15-24-22-27(24)28(21-20-23-13-7-4-8-14-23)29-31(30,25-16-9-5-10-17-25)26-18-11-6-12-19-26/h4-14,16-19,24,27-28H,2-3,15,22H2,1H3,(H,29,30)/t24?,27?,28-/m0/s1. The fraction of sp³-hybridized carbons (Fsp3) is 0.286. The zero-order valence-electron chi connectivity index (χ0n) is 18.1. The minimum Gasteiger partial charge on any atom is -0.296 e. The molecule has 31 heavy (non-hydrogen) atoms. The Hall–Kier alpha value is -2.59. The fourth-order valence-electron chi connectivity index (χ4n) is 4.16. The molecule has 1 saturated carbocycles. The van der Waals surface area contributed by atoms with Crippen LogP contribution in [-0.4, -0.2) is 6.04 Å². The van der Waals surface area contributed by atoms with Crippen molar-refractivity contribution >= 4 is 17.9 Å². The molecular weight excluding hydrogens is 397 g/mol. The van der Waals surface area contributed by atoms with Crippen LogP contribution in [0.5, 0.6) is 0 Å². The largest absolute Gasteiger partial charge is 0.296 e. The van der Waals surface area contributed by atoms with Crippen molar-refractivity contribution in [2.45, 2.75) is 38.6 Å². The van der Waals surface area contributed by atoms with Gasteiger partial charge in [-0.15, -0.1) is 0 Å². The van der Waals surface area contributed by atoms with E-state index in [1.807, 2.05) is 91.0 Å². The zero-order valence-corrected chi connectivity index (χ0v) is 19.0. The lowest BCUT2D eigenvalue weighted by atomic mass is 10.1. The van der Waals surface area contributed by atoms with Gasteiger partial charge in [-0.1, -0.05) is 92.6 Å². The van der Waals surface area contributed by atoms with Gasteiger partial charge in [-0.05, 0) is 54.7 Å². The molecule has 0 aromatic heterocycles. The molecule has 1 aliphatic rings. The predicted octanol–water partition coefficient (Wildman–Crippen LogP) is 5.75. The van der Waals surface area contributed by atoms with Gasteiger partial charge in [-0.3, -0.25) is 4.57 Å². The van der Waals surface area contributed by atoms with E-state index in [1.165, 1.54) is 19.3 Å². The van der Waals surface area contributed by atoms with Crippen molar-refractivity contribution in [1.82, 2.24) is 5.09 Å². The summed E-state index contributed by atoms with van der Waals surface area (Å²) in [6.45, 7) is 2.24. The molecule has 3 heteroatoms. The Kier molecular flexibility index (Phi) is 7.08. The molecular formula is C28H30NOP. The van der Waals surface area contributed by atoms with Gasteiger partial charge in [0.2, 0.25) is 7.29 Å². The molecule has 0 bridgehead atoms. The molecule has 3 atom stereocenters. The van der Waals surface area contributed by atoms with Gasteiger partial charge >= 0.3 is 0 Å². The van der Waals surface area contributed by atoms with E-state index in [1.54, 1.807) is 0 Å². The molecule has 1 fully saturated rings. The van der Waals surface area contributed by atoms with Crippen molar-refractivity contribution in [2.24, 2.45) is 11.8 Å². The smallest absolute Gasteiger partial charge is 0.205 e. The molecule has 0 saturated heterocycles. The summed E-state index contributed by atoms with van der Waals surface area (Å²) < 4.78 is 14.5. The Morgan fingerprint density at radius 2 is 1.45 bits per heavy atom. The molecule has 3 aromatic carbocycles. The highest BCUT2D eigenvalue weighted by molar-refractivity contribution is 7.77. The van der Waals surface area contributed by atoms with Gasteiger partial charge in [0.1, 0.15) is 0 Å². The Morgan fingerprint density at radius 1 is 0.903 bits per heavy atom. The summed E-state index contributed by atoms with van der Waals surface area (Å²) in [5.41, 5.74) is 0.995. The first-order valence-electron chi connectivity index (χ1n) is 11.3. The summed E-state index contributed by atoms with van der Waals surface area (Å²) >= 11 is 0. The second-order valence-electron chi connectivity index (χ2n) is 8.32. The first-order chi connectivity index (χ1) is 15.2. The van der Waals surface area contributed by atoms with Crippen LogP contribution in [-0.2, 0) is 4.57 Å². The van der Waals surface area contributed by atoms with Crippen LogP contribution in [0.25, 0.3) is 0 Å². The normalized spacial score (nSPS) is 18.6. The highest BCUT2D eigenvalue weighted by Crippen LogP contribution is 2.48. The SMILES string of the molecule is CCCCC1CC1[C@H](C#Cc1ccccc1)NP(=O)(c1ccccc1)c1ccccc1. The Morgan fingerprint density at radius 3 is 2.00 bits per heavy atom. The average Bonchev–Trinajstić information content (AvgIpc) is 3.61. The van der Waals surface area contributed by atoms with Gasteiger partial charge < -0.3 is 0 Å². The van der Waals surface area contributed by atoms with Gasteiger partial charge in [-0.2, -0.15) is 0 Å². The summed E-state index contributed by atoms with van der Waals surface area (Å²) in [6.07, 6.45) is 4.84. The highest BCUT2D eigenvalue weighted by Gasteiger charge is 2.44. The van der Waals surface area contributed by atoms with E-state index in [0.717, 1.165) is 22.6 Å². The quantitative estimate of drug-likeness (QED) is 0.366. The summed E-state index contributed by atoms with van der Waals surface area (Å²) in [4.78, 5) is 0. The molecule has 3 aromatic rings. The lowest BCUT2D eigenvalue weighted by Crippen LogP contribution is -2.36. The molecule has 0 aliphatic heterocycles. The third-order valence-electron chi connectivity index (χ3n) is 6.04. The summed E-state index contributed by atoms with van der Waals surface area (Å²) in [5, 5.41) is 5.25. The summed E-state index contributed by atoms with van der Waals surface area (Å²) in [7, 11) is -3.02. The Balaban J connectivity index is 1.68. The maximum absolute atomic E-state index is 14.5. The minimum absolute atomic E-state index is 0.103. The number of benzene rings is 3. The molecule has 0 amide bonds. The second-order valence-corrected chi connectivity index (χ2v) is 10.8. The number of hydrogen-bond acceptors (Lipinski definition) is 1. The molecule has 1 aliphatic carbocycles. The van der Waals surface area contributed by atoms with Gasteiger partial charge in [-0.25, -0.2) is 5.09 Å². The zero-order chi connectivity index (χ0) is 21.5. The summed E-state index contributed by atoms with van der Waals surface area (Å²) in [6, 6.07) is 29.6. The first-order valence-corrected chi connectivity index (χ1v) is 13.0. The van der Waals surface area contributed by atoms with Crippen LogP contribution in [0.2, 0.25) is 0 Å². The van der Waals surface area contributed by atoms with Crippen molar-refractivity contribution in [2.75, 3.05) is 0 Å². The van der Waals surface area contributed by atoms with E-state index in [9.17, 15) is 4.57 Å². The number of unbranched alkanes of at least 4 members (excludes halogenated alkanes) is 1. The van der Waals surface area contributed by atoms with Gasteiger partial charge in [0, 0.05) is 16.2 Å². The van der Waals surface area contributed by atoms with Crippen LogP contribution in [0.15, 0.2) is 91.0 Å². The third-order valence-corrected chi connectivity index (χ3v) is 8.73. The highest BCUT2D eigenvalue weighted by atomic mass is 31.2. The van der Waals surface area contributed by atoms with E-state index in [2.05, 4.69) is 23.9 Å². The van der Waals surface area contributed by atoms with E-state index in [0.29, 0.717) is 11.8 Å². The van der Waals surface area contributed by atoms with E-state index < -0.39 is 7.29 Å².